The van der Waals surface area contributed by atoms with Gasteiger partial charge in [0, 0.05) is 16.8 Å². The van der Waals surface area contributed by atoms with Crippen LogP contribution in [0.15, 0.2) is 53.3 Å². The maximum absolute atomic E-state index is 12.1. The number of sulfonamides is 1. The van der Waals surface area contributed by atoms with E-state index < -0.39 is 10.0 Å². The smallest absolute Gasteiger partial charge is 0.233 e. The van der Waals surface area contributed by atoms with Crippen molar-refractivity contribution in [1.29, 1.82) is 0 Å². The molecule has 0 spiro atoms. The van der Waals surface area contributed by atoms with Crippen molar-refractivity contribution in [2.45, 2.75) is 6.04 Å². The summed E-state index contributed by atoms with van der Waals surface area (Å²) in [5, 5.41) is 3.21. The molecule has 0 aliphatic rings. The molecule has 1 heterocycles. The van der Waals surface area contributed by atoms with Crippen molar-refractivity contribution < 1.29 is 8.42 Å². The van der Waals surface area contributed by atoms with Crippen LogP contribution in [0, 0.1) is 0 Å². The molecule has 0 saturated carbocycles. The predicted octanol–water partition coefficient (Wildman–Crippen LogP) is 2.94. The fraction of sp³-hybridized carbons (Fsp3) is 0.250. The maximum atomic E-state index is 12.1. The maximum Gasteiger partial charge on any atom is 0.233 e. The van der Waals surface area contributed by atoms with Crippen LogP contribution in [-0.4, -0.2) is 34.0 Å². The van der Waals surface area contributed by atoms with Gasteiger partial charge in [-0.1, -0.05) is 36.4 Å². The second kappa shape index (κ2) is 7.69. The van der Waals surface area contributed by atoms with E-state index in [0.717, 1.165) is 10.4 Å². The first-order chi connectivity index (χ1) is 10.5. The van der Waals surface area contributed by atoms with E-state index in [9.17, 15) is 8.42 Å². The first-order valence-electron chi connectivity index (χ1n) is 6.90. The second-order valence-corrected chi connectivity index (χ2v) is 7.73. The van der Waals surface area contributed by atoms with E-state index in [1.54, 1.807) is 17.4 Å². The minimum absolute atomic E-state index is 0.0277. The van der Waals surface area contributed by atoms with Gasteiger partial charge < -0.3 is 4.90 Å². The van der Waals surface area contributed by atoms with Crippen molar-refractivity contribution in [3.05, 3.63) is 63.7 Å². The van der Waals surface area contributed by atoms with Crippen LogP contribution in [-0.2, 0) is 10.0 Å². The van der Waals surface area contributed by atoms with Gasteiger partial charge in [-0.2, -0.15) is 0 Å². The van der Waals surface area contributed by atoms with E-state index in [1.165, 1.54) is 5.41 Å². The molecule has 1 atom stereocenters. The Balaban J connectivity index is 2.01. The molecule has 1 N–H and O–H groups in total. The molecular weight excluding hydrogens is 316 g/mol. The van der Waals surface area contributed by atoms with Crippen molar-refractivity contribution >= 4 is 27.4 Å². The summed E-state index contributed by atoms with van der Waals surface area (Å²) in [5.41, 5.74) is 0.857. The number of likely N-dealkylation sites (N-methyl/N-ethyl adjacent to an activating group) is 1. The van der Waals surface area contributed by atoms with Crippen molar-refractivity contribution in [3.63, 3.8) is 0 Å². The SMILES string of the molecule is CN(C)C(CNS(=O)(=O)C=Cc1ccccc1)c1cccs1. The number of hydrogen-bond donors (Lipinski definition) is 1. The van der Waals surface area contributed by atoms with Crippen molar-refractivity contribution in [3.8, 4) is 0 Å². The topological polar surface area (TPSA) is 49.4 Å². The molecule has 0 saturated heterocycles. The van der Waals surface area contributed by atoms with Crippen LogP contribution in [0.1, 0.15) is 16.5 Å². The van der Waals surface area contributed by atoms with Crippen LogP contribution in [0.2, 0.25) is 0 Å². The van der Waals surface area contributed by atoms with Crippen molar-refractivity contribution in [2.75, 3.05) is 20.6 Å². The average molecular weight is 336 g/mol. The summed E-state index contributed by atoms with van der Waals surface area (Å²) in [4.78, 5) is 3.15. The molecule has 0 amide bonds. The number of nitrogens with zero attached hydrogens (tertiary/aromatic N) is 1. The molecule has 0 radical (unpaired) electrons. The zero-order valence-corrected chi connectivity index (χ0v) is 14.3. The average Bonchev–Trinajstić information content (AvgIpc) is 3.00. The van der Waals surface area contributed by atoms with Crippen LogP contribution in [0.5, 0.6) is 0 Å². The van der Waals surface area contributed by atoms with E-state index in [0.29, 0.717) is 6.54 Å². The fourth-order valence-corrected chi connectivity index (χ4v) is 3.74. The molecule has 118 valence electrons. The Kier molecular flexibility index (Phi) is 5.90. The number of rotatable bonds is 7. The van der Waals surface area contributed by atoms with Gasteiger partial charge in [0.15, 0.2) is 0 Å². The van der Waals surface area contributed by atoms with E-state index in [1.807, 2.05) is 66.8 Å². The van der Waals surface area contributed by atoms with Gasteiger partial charge in [-0.15, -0.1) is 11.3 Å². The molecule has 22 heavy (non-hydrogen) atoms. The largest absolute Gasteiger partial charge is 0.300 e. The number of nitrogens with one attached hydrogen (secondary N) is 1. The van der Waals surface area contributed by atoms with Gasteiger partial charge in [-0.3, -0.25) is 0 Å². The van der Waals surface area contributed by atoms with Crippen LogP contribution < -0.4 is 4.72 Å². The molecular formula is C16H20N2O2S2. The van der Waals surface area contributed by atoms with Crippen molar-refractivity contribution in [1.82, 2.24) is 9.62 Å². The predicted molar refractivity (Wildman–Crippen MR) is 93.1 cm³/mol. The molecule has 0 aliphatic carbocycles. The molecule has 4 nitrogen and oxygen atoms in total. The summed E-state index contributed by atoms with van der Waals surface area (Å²) < 4.78 is 26.8. The first-order valence-corrected chi connectivity index (χ1v) is 9.33. The molecule has 1 unspecified atom stereocenters. The summed E-state index contributed by atoms with van der Waals surface area (Å²) >= 11 is 1.63. The van der Waals surface area contributed by atoms with Crippen LogP contribution >= 0.6 is 11.3 Å². The van der Waals surface area contributed by atoms with Gasteiger partial charge in [-0.05, 0) is 37.2 Å². The second-order valence-electron chi connectivity index (χ2n) is 5.10. The summed E-state index contributed by atoms with van der Waals surface area (Å²) in [5.74, 6) is 0. The van der Waals surface area contributed by atoms with E-state index in [-0.39, 0.29) is 6.04 Å². The molecule has 6 heteroatoms. The molecule has 2 aromatic rings. The van der Waals surface area contributed by atoms with Crippen LogP contribution in [0.4, 0.5) is 0 Å². The summed E-state index contributed by atoms with van der Waals surface area (Å²) in [7, 11) is 0.434. The third kappa shape index (κ3) is 5.06. The zero-order chi connectivity index (χ0) is 16.0. The first kappa shape index (κ1) is 16.9. The Bertz CT molecular complexity index is 693. The number of benzene rings is 1. The molecule has 0 aliphatic heterocycles. The minimum Gasteiger partial charge on any atom is -0.300 e. The highest BCUT2D eigenvalue weighted by molar-refractivity contribution is 7.92. The summed E-state index contributed by atoms with van der Waals surface area (Å²) in [6, 6.07) is 13.4. The Labute approximate surface area is 136 Å². The third-order valence-electron chi connectivity index (χ3n) is 3.21. The van der Waals surface area contributed by atoms with Crippen LogP contribution in [0.3, 0.4) is 0 Å². The molecule has 0 fully saturated rings. The molecule has 1 aromatic heterocycles. The third-order valence-corrected chi connectivity index (χ3v) is 5.25. The Morgan fingerprint density at radius 2 is 1.91 bits per heavy atom. The van der Waals surface area contributed by atoms with E-state index in [4.69, 9.17) is 0 Å². The lowest BCUT2D eigenvalue weighted by molar-refractivity contribution is 0.304. The normalized spacial score (nSPS) is 13.8. The Morgan fingerprint density at radius 3 is 2.50 bits per heavy atom. The quantitative estimate of drug-likeness (QED) is 0.846. The Hall–Kier alpha value is -1.47. The van der Waals surface area contributed by atoms with Gasteiger partial charge >= 0.3 is 0 Å². The standard InChI is InChI=1S/C16H20N2O2S2/c1-18(2)15(16-9-6-11-21-16)13-17-22(19,20)12-10-14-7-4-3-5-8-14/h3-12,15,17H,13H2,1-2H3. The van der Waals surface area contributed by atoms with Gasteiger partial charge in [0.05, 0.1) is 6.04 Å². The number of hydrogen-bond acceptors (Lipinski definition) is 4. The minimum atomic E-state index is -3.45. The van der Waals surface area contributed by atoms with Gasteiger partial charge in [0.1, 0.15) is 0 Å². The summed E-state index contributed by atoms with van der Waals surface area (Å²) in [6.45, 7) is 0.342. The van der Waals surface area contributed by atoms with Gasteiger partial charge in [-0.25, -0.2) is 13.1 Å². The lowest BCUT2D eigenvalue weighted by Gasteiger charge is -2.23. The molecule has 1 aromatic carbocycles. The van der Waals surface area contributed by atoms with Gasteiger partial charge in [0.25, 0.3) is 0 Å². The summed E-state index contributed by atoms with van der Waals surface area (Å²) in [6.07, 6.45) is 1.60. The van der Waals surface area contributed by atoms with Gasteiger partial charge in [0.2, 0.25) is 10.0 Å². The highest BCUT2D eigenvalue weighted by Crippen LogP contribution is 2.22. The van der Waals surface area contributed by atoms with Crippen LogP contribution in [0.25, 0.3) is 6.08 Å². The lowest BCUT2D eigenvalue weighted by atomic mass is 10.2. The highest BCUT2D eigenvalue weighted by Gasteiger charge is 2.17. The zero-order valence-electron chi connectivity index (χ0n) is 12.6. The monoisotopic (exact) mass is 336 g/mol. The Morgan fingerprint density at radius 1 is 1.18 bits per heavy atom. The van der Waals surface area contributed by atoms with Crippen molar-refractivity contribution in [2.24, 2.45) is 0 Å². The van der Waals surface area contributed by atoms with E-state index in [2.05, 4.69) is 4.72 Å². The van der Waals surface area contributed by atoms with E-state index >= 15 is 0 Å². The lowest BCUT2D eigenvalue weighted by Crippen LogP contribution is -2.33. The molecule has 0 bridgehead atoms. The number of thiophene rings is 1. The molecule has 2 rings (SSSR count). The fourth-order valence-electron chi connectivity index (χ4n) is 1.99. The highest BCUT2D eigenvalue weighted by atomic mass is 32.2.